The third-order valence-corrected chi connectivity index (χ3v) is 5.05. The predicted molar refractivity (Wildman–Crippen MR) is 120 cm³/mol. The van der Waals surface area contributed by atoms with E-state index >= 15 is 0 Å². The Kier molecular flexibility index (Phi) is 6.29. The molecule has 0 saturated carbocycles. The SMILES string of the molecule is O=C(NCC#Cc1ccc(N2CCOC2=O)cc1)C(c1ccccc1)c1ccccc1. The van der Waals surface area contributed by atoms with Crippen molar-refractivity contribution in [1.29, 1.82) is 0 Å². The Bertz CT molecular complexity index is 1060. The van der Waals surface area contributed by atoms with Gasteiger partial charge in [-0.2, -0.15) is 0 Å². The van der Waals surface area contributed by atoms with Crippen molar-refractivity contribution in [2.75, 3.05) is 24.6 Å². The monoisotopic (exact) mass is 410 g/mol. The number of benzene rings is 3. The van der Waals surface area contributed by atoms with Gasteiger partial charge in [0.1, 0.15) is 6.61 Å². The van der Waals surface area contributed by atoms with Gasteiger partial charge in [-0.3, -0.25) is 9.69 Å². The topological polar surface area (TPSA) is 58.6 Å². The second-order valence-corrected chi connectivity index (χ2v) is 7.09. The molecule has 3 aromatic carbocycles. The van der Waals surface area contributed by atoms with E-state index < -0.39 is 0 Å². The molecule has 0 atom stereocenters. The highest BCUT2D eigenvalue weighted by Gasteiger charge is 2.23. The van der Waals surface area contributed by atoms with Crippen LogP contribution >= 0.6 is 0 Å². The summed E-state index contributed by atoms with van der Waals surface area (Å²) in [6.45, 7) is 1.21. The standard InChI is InChI=1S/C26H22N2O3/c29-25(24(21-9-3-1-4-10-21)22-11-5-2-6-12-22)27-17-7-8-20-13-15-23(16-14-20)28-18-19-31-26(28)30/h1-6,9-16,24H,17-19H2,(H,27,29). The Morgan fingerprint density at radius 3 is 2.10 bits per heavy atom. The van der Waals surface area contributed by atoms with Crippen LogP contribution in [-0.4, -0.2) is 31.7 Å². The van der Waals surface area contributed by atoms with E-state index in [-0.39, 0.29) is 24.5 Å². The van der Waals surface area contributed by atoms with Crippen LogP contribution in [0, 0.1) is 11.8 Å². The van der Waals surface area contributed by atoms with Gasteiger partial charge in [-0.25, -0.2) is 4.79 Å². The maximum atomic E-state index is 12.9. The van der Waals surface area contributed by atoms with Gasteiger partial charge in [0, 0.05) is 11.3 Å². The molecular formula is C26H22N2O3. The summed E-state index contributed by atoms with van der Waals surface area (Å²) < 4.78 is 4.95. The summed E-state index contributed by atoms with van der Waals surface area (Å²) in [7, 11) is 0. The molecule has 1 N–H and O–H groups in total. The maximum Gasteiger partial charge on any atom is 0.414 e. The molecule has 5 nitrogen and oxygen atoms in total. The first-order valence-corrected chi connectivity index (χ1v) is 10.1. The number of hydrogen-bond acceptors (Lipinski definition) is 3. The number of carbonyl (C=O) groups excluding carboxylic acids is 2. The summed E-state index contributed by atoms with van der Waals surface area (Å²) in [5.74, 6) is 5.58. The lowest BCUT2D eigenvalue weighted by atomic mass is 9.90. The van der Waals surface area contributed by atoms with Crippen molar-refractivity contribution in [3.05, 3.63) is 102 Å². The summed E-state index contributed by atoms with van der Waals surface area (Å²) in [5, 5.41) is 2.93. The van der Waals surface area contributed by atoms with Gasteiger partial charge in [-0.05, 0) is 35.4 Å². The zero-order valence-electron chi connectivity index (χ0n) is 17.0. The molecule has 1 heterocycles. The van der Waals surface area contributed by atoms with Crippen molar-refractivity contribution in [2.45, 2.75) is 5.92 Å². The van der Waals surface area contributed by atoms with Gasteiger partial charge in [0.05, 0.1) is 19.0 Å². The van der Waals surface area contributed by atoms with Crippen LogP contribution in [0.2, 0.25) is 0 Å². The van der Waals surface area contributed by atoms with Crippen molar-refractivity contribution in [2.24, 2.45) is 0 Å². The highest BCUT2D eigenvalue weighted by molar-refractivity contribution is 5.89. The number of amides is 2. The number of anilines is 1. The smallest absolute Gasteiger partial charge is 0.414 e. The van der Waals surface area contributed by atoms with E-state index in [0.29, 0.717) is 13.2 Å². The molecule has 5 heteroatoms. The summed E-state index contributed by atoms with van der Waals surface area (Å²) in [5.41, 5.74) is 3.48. The van der Waals surface area contributed by atoms with Crippen LogP contribution in [0.5, 0.6) is 0 Å². The molecular weight excluding hydrogens is 388 g/mol. The number of ether oxygens (including phenoxy) is 1. The Morgan fingerprint density at radius 2 is 1.55 bits per heavy atom. The molecule has 154 valence electrons. The molecule has 1 saturated heterocycles. The van der Waals surface area contributed by atoms with E-state index in [9.17, 15) is 9.59 Å². The van der Waals surface area contributed by atoms with Gasteiger partial charge < -0.3 is 10.1 Å². The van der Waals surface area contributed by atoms with Crippen LogP contribution in [0.4, 0.5) is 10.5 Å². The molecule has 1 aliphatic rings. The minimum absolute atomic E-state index is 0.0883. The van der Waals surface area contributed by atoms with Crippen molar-refractivity contribution >= 4 is 17.7 Å². The van der Waals surface area contributed by atoms with Gasteiger partial charge >= 0.3 is 6.09 Å². The number of carbonyl (C=O) groups is 2. The highest BCUT2D eigenvalue weighted by Crippen LogP contribution is 2.24. The Hall–Kier alpha value is -4.04. The minimum Gasteiger partial charge on any atom is -0.447 e. The number of hydrogen-bond donors (Lipinski definition) is 1. The molecule has 0 unspecified atom stereocenters. The fourth-order valence-corrected chi connectivity index (χ4v) is 3.52. The lowest BCUT2D eigenvalue weighted by Crippen LogP contribution is -2.30. The first kappa shape index (κ1) is 20.2. The van der Waals surface area contributed by atoms with Gasteiger partial charge in [0.25, 0.3) is 0 Å². The van der Waals surface area contributed by atoms with Crippen LogP contribution in [0.1, 0.15) is 22.6 Å². The second-order valence-electron chi connectivity index (χ2n) is 7.09. The number of cyclic esters (lactones) is 1. The normalized spacial score (nSPS) is 12.8. The molecule has 0 aliphatic carbocycles. The van der Waals surface area contributed by atoms with Gasteiger partial charge in [-0.1, -0.05) is 72.5 Å². The van der Waals surface area contributed by atoms with Crippen molar-refractivity contribution in [3.63, 3.8) is 0 Å². The van der Waals surface area contributed by atoms with Crippen LogP contribution in [0.15, 0.2) is 84.9 Å². The average Bonchev–Trinajstić information content (AvgIpc) is 3.24. The van der Waals surface area contributed by atoms with Crippen LogP contribution in [0.25, 0.3) is 0 Å². The van der Waals surface area contributed by atoms with Crippen LogP contribution in [-0.2, 0) is 9.53 Å². The van der Waals surface area contributed by atoms with Gasteiger partial charge in [0.2, 0.25) is 5.91 Å². The molecule has 1 aliphatic heterocycles. The van der Waals surface area contributed by atoms with E-state index in [2.05, 4.69) is 17.2 Å². The maximum absolute atomic E-state index is 12.9. The minimum atomic E-state index is -0.385. The summed E-state index contributed by atoms with van der Waals surface area (Å²) >= 11 is 0. The van der Waals surface area contributed by atoms with E-state index in [1.807, 2.05) is 84.9 Å². The van der Waals surface area contributed by atoms with Crippen molar-refractivity contribution < 1.29 is 14.3 Å². The summed E-state index contributed by atoms with van der Waals surface area (Å²) in [6.07, 6.45) is -0.326. The Labute approximate surface area is 181 Å². The molecule has 1 fully saturated rings. The summed E-state index contributed by atoms with van der Waals surface area (Å²) in [4.78, 5) is 26.2. The van der Waals surface area contributed by atoms with E-state index in [0.717, 1.165) is 22.4 Å². The molecule has 3 aromatic rings. The van der Waals surface area contributed by atoms with Crippen molar-refractivity contribution in [3.8, 4) is 11.8 Å². The van der Waals surface area contributed by atoms with Crippen LogP contribution in [0.3, 0.4) is 0 Å². The third kappa shape index (κ3) is 4.93. The molecule has 4 rings (SSSR count). The fraction of sp³-hybridized carbons (Fsp3) is 0.154. The highest BCUT2D eigenvalue weighted by atomic mass is 16.6. The van der Waals surface area contributed by atoms with Gasteiger partial charge in [-0.15, -0.1) is 0 Å². The molecule has 31 heavy (non-hydrogen) atoms. The van der Waals surface area contributed by atoms with Crippen molar-refractivity contribution in [1.82, 2.24) is 5.32 Å². The molecule has 2 amide bonds. The average molecular weight is 410 g/mol. The fourth-order valence-electron chi connectivity index (χ4n) is 3.52. The van der Waals surface area contributed by atoms with E-state index in [1.165, 1.54) is 0 Å². The van der Waals surface area contributed by atoms with E-state index in [4.69, 9.17) is 4.74 Å². The summed E-state index contributed by atoms with van der Waals surface area (Å²) in [6, 6.07) is 26.8. The Morgan fingerprint density at radius 1 is 0.935 bits per heavy atom. The zero-order chi connectivity index (χ0) is 21.5. The lowest BCUT2D eigenvalue weighted by Gasteiger charge is -2.17. The molecule has 0 spiro atoms. The first-order valence-electron chi connectivity index (χ1n) is 10.1. The van der Waals surface area contributed by atoms with Gasteiger partial charge in [0.15, 0.2) is 0 Å². The van der Waals surface area contributed by atoms with E-state index in [1.54, 1.807) is 4.90 Å². The molecule has 0 aromatic heterocycles. The second kappa shape index (κ2) is 9.64. The first-order chi connectivity index (χ1) is 15.2. The van der Waals surface area contributed by atoms with Crippen LogP contribution < -0.4 is 10.2 Å². The quantitative estimate of drug-likeness (QED) is 0.648. The number of rotatable bonds is 5. The lowest BCUT2D eigenvalue weighted by molar-refractivity contribution is -0.121. The number of nitrogens with zero attached hydrogens (tertiary/aromatic N) is 1. The molecule has 0 bridgehead atoms. The Balaban J connectivity index is 1.40. The largest absolute Gasteiger partial charge is 0.447 e. The third-order valence-electron chi connectivity index (χ3n) is 5.05. The molecule has 0 radical (unpaired) electrons. The number of nitrogens with one attached hydrogen (secondary N) is 1. The zero-order valence-corrected chi connectivity index (χ0v) is 17.0. The predicted octanol–water partition coefficient (Wildman–Crippen LogP) is 3.94.